The van der Waals surface area contributed by atoms with Crippen molar-refractivity contribution >= 4 is 5.97 Å². The first-order valence-electron chi connectivity index (χ1n) is 15.2. The molecule has 6 fully saturated rings. The molecule has 0 aromatic rings. The van der Waals surface area contributed by atoms with Crippen LogP contribution in [-0.4, -0.2) is 35.0 Å². The highest BCUT2D eigenvalue weighted by Gasteiger charge is 2.90. The minimum absolute atomic E-state index is 0.0135. The highest BCUT2D eigenvalue weighted by atomic mass is 16.6. The van der Waals surface area contributed by atoms with Gasteiger partial charge in [-0.15, -0.1) is 0 Å². The van der Waals surface area contributed by atoms with Crippen molar-refractivity contribution in [1.82, 2.24) is 0 Å². The van der Waals surface area contributed by atoms with E-state index >= 15 is 0 Å². The normalized spacial score (nSPS) is 54.4. The molecule has 0 radical (unpaired) electrons. The van der Waals surface area contributed by atoms with Crippen molar-refractivity contribution in [2.45, 2.75) is 156 Å². The van der Waals surface area contributed by atoms with Gasteiger partial charge in [-0.05, 0) is 101 Å². The molecule has 36 heavy (non-hydrogen) atoms. The number of hydrogen-bond donors (Lipinski definition) is 0. The second kappa shape index (κ2) is 7.32. The molecule has 4 nitrogen and oxygen atoms in total. The van der Waals surface area contributed by atoms with Crippen LogP contribution in [0.25, 0.3) is 0 Å². The number of epoxide rings is 2. The highest BCUT2D eigenvalue weighted by molar-refractivity contribution is 5.66. The van der Waals surface area contributed by atoms with Gasteiger partial charge in [-0.2, -0.15) is 0 Å². The smallest absolute Gasteiger partial charge is 0.302 e. The van der Waals surface area contributed by atoms with Gasteiger partial charge < -0.3 is 14.2 Å². The Morgan fingerprint density at radius 3 is 2.22 bits per heavy atom. The molecule has 204 valence electrons. The lowest BCUT2D eigenvalue weighted by atomic mass is 9.38. The molecule has 0 amide bonds. The number of ether oxygens (including phenoxy) is 3. The summed E-state index contributed by atoms with van der Waals surface area (Å²) in [6.07, 6.45) is 12.6. The third-order valence-electron chi connectivity index (χ3n) is 14.1. The molecule has 4 aliphatic carbocycles. The molecule has 0 aromatic carbocycles. The van der Waals surface area contributed by atoms with Crippen LogP contribution in [0.4, 0.5) is 0 Å². The molecule has 6 aliphatic rings. The van der Waals surface area contributed by atoms with E-state index in [0.29, 0.717) is 17.4 Å². The summed E-state index contributed by atoms with van der Waals surface area (Å²) in [7, 11) is 0. The van der Waals surface area contributed by atoms with Crippen LogP contribution in [0.3, 0.4) is 0 Å². The fourth-order valence-electron chi connectivity index (χ4n) is 11.7. The Bertz CT molecular complexity index is 956. The van der Waals surface area contributed by atoms with Gasteiger partial charge in [-0.3, -0.25) is 4.79 Å². The first-order valence-corrected chi connectivity index (χ1v) is 15.2. The van der Waals surface area contributed by atoms with Gasteiger partial charge >= 0.3 is 5.97 Å². The summed E-state index contributed by atoms with van der Waals surface area (Å²) in [5, 5.41) is 0. The summed E-state index contributed by atoms with van der Waals surface area (Å²) in [4.78, 5) is 11.9. The van der Waals surface area contributed by atoms with Crippen LogP contribution >= 0.6 is 0 Å². The van der Waals surface area contributed by atoms with Crippen LogP contribution in [0, 0.1) is 39.4 Å². The standard InChI is InChI=1S/C32H52O4/c1-20(10-11-25-27(5,6)35-25)22-12-16-30(9)28(22,7)18-19-31-29(8)15-14-24(34-21(2)33)26(3,4)23(29)13-17-32(30,31)36-31/h20,22-25H,10-19H2,1-9H3/t20?,22?,23-,24-,25?,28+,29-,30+,31?,32?/m0/s1. The maximum Gasteiger partial charge on any atom is 0.302 e. The van der Waals surface area contributed by atoms with Crippen molar-refractivity contribution < 1.29 is 19.0 Å². The van der Waals surface area contributed by atoms with Crippen molar-refractivity contribution in [1.29, 1.82) is 0 Å². The maximum absolute atomic E-state index is 11.9. The van der Waals surface area contributed by atoms with E-state index in [9.17, 15) is 4.79 Å². The quantitative estimate of drug-likeness (QED) is 0.290. The topological polar surface area (TPSA) is 51.4 Å². The molecular formula is C32H52O4. The number of hydrogen-bond acceptors (Lipinski definition) is 4. The Hall–Kier alpha value is -0.610. The lowest BCUT2D eigenvalue weighted by molar-refractivity contribution is -0.184. The monoisotopic (exact) mass is 500 g/mol. The fraction of sp³-hybridized carbons (Fsp3) is 0.969. The molecule has 0 N–H and O–H groups in total. The Morgan fingerprint density at radius 1 is 0.889 bits per heavy atom. The largest absolute Gasteiger partial charge is 0.462 e. The van der Waals surface area contributed by atoms with Crippen LogP contribution in [-0.2, 0) is 19.0 Å². The van der Waals surface area contributed by atoms with E-state index in [1.165, 1.54) is 51.4 Å². The minimum atomic E-state index is -0.133. The van der Waals surface area contributed by atoms with Gasteiger partial charge in [0.2, 0.25) is 0 Å². The average molecular weight is 501 g/mol. The molecular weight excluding hydrogens is 448 g/mol. The zero-order valence-electron chi connectivity index (χ0n) is 24.6. The first-order chi connectivity index (χ1) is 16.6. The number of fused-ring (bicyclic) bond motifs is 2. The van der Waals surface area contributed by atoms with Crippen molar-refractivity contribution in [3.8, 4) is 0 Å². The summed E-state index contributed by atoms with van der Waals surface area (Å²) in [5.41, 5.74) is 0.901. The lowest BCUT2D eigenvalue weighted by Crippen LogP contribution is -2.66. The number of rotatable bonds is 5. The Kier molecular flexibility index (Phi) is 5.21. The van der Waals surface area contributed by atoms with Crippen LogP contribution in [0.15, 0.2) is 0 Å². The molecule has 0 bridgehead atoms. The van der Waals surface area contributed by atoms with Gasteiger partial charge in [0, 0.05) is 23.2 Å². The van der Waals surface area contributed by atoms with E-state index in [0.717, 1.165) is 24.7 Å². The van der Waals surface area contributed by atoms with Crippen molar-refractivity contribution in [3.63, 3.8) is 0 Å². The van der Waals surface area contributed by atoms with E-state index in [2.05, 4.69) is 55.4 Å². The fourth-order valence-corrected chi connectivity index (χ4v) is 11.7. The maximum atomic E-state index is 11.9. The summed E-state index contributed by atoms with van der Waals surface area (Å²) in [5.74, 6) is 1.92. The van der Waals surface area contributed by atoms with Gasteiger partial charge in [-0.1, -0.05) is 41.5 Å². The van der Waals surface area contributed by atoms with Gasteiger partial charge in [-0.25, -0.2) is 0 Å². The molecule has 6 rings (SSSR count). The molecule has 2 saturated heterocycles. The number of esters is 1. The van der Waals surface area contributed by atoms with Crippen LogP contribution in [0.5, 0.6) is 0 Å². The molecule has 2 aliphatic heterocycles. The van der Waals surface area contributed by atoms with Crippen LogP contribution in [0.1, 0.15) is 127 Å². The Balaban J connectivity index is 1.26. The minimum Gasteiger partial charge on any atom is -0.462 e. The predicted molar refractivity (Wildman–Crippen MR) is 141 cm³/mol. The van der Waals surface area contributed by atoms with E-state index in [4.69, 9.17) is 14.2 Å². The Morgan fingerprint density at radius 2 is 1.58 bits per heavy atom. The number of carbonyl (C=O) groups is 1. The zero-order valence-corrected chi connectivity index (χ0v) is 24.6. The zero-order chi connectivity index (χ0) is 26.2. The van der Waals surface area contributed by atoms with E-state index in [-0.39, 0.29) is 45.1 Å². The molecule has 0 aromatic heterocycles. The average Bonchev–Trinajstić information content (AvgIpc) is 3.62. The molecule has 4 heteroatoms. The molecule has 4 saturated carbocycles. The van der Waals surface area contributed by atoms with E-state index in [1.54, 1.807) is 6.92 Å². The van der Waals surface area contributed by atoms with Crippen molar-refractivity contribution in [2.75, 3.05) is 0 Å². The molecule has 10 atom stereocenters. The highest BCUT2D eigenvalue weighted by Crippen LogP contribution is 2.86. The van der Waals surface area contributed by atoms with Crippen LogP contribution in [0.2, 0.25) is 0 Å². The van der Waals surface area contributed by atoms with Crippen molar-refractivity contribution in [3.05, 3.63) is 0 Å². The van der Waals surface area contributed by atoms with Gasteiger partial charge in [0.1, 0.15) is 17.3 Å². The predicted octanol–water partition coefficient (Wildman–Crippen LogP) is 7.47. The second-order valence-corrected chi connectivity index (χ2v) is 15.9. The number of carbonyl (C=O) groups excluding carboxylic acids is 1. The second-order valence-electron chi connectivity index (χ2n) is 15.9. The van der Waals surface area contributed by atoms with E-state index in [1.807, 2.05) is 0 Å². The SMILES string of the molecule is CC(=O)O[C@H]1CC[C@@]2(C)[C@@H](CCC34OC32CC[C@]2(C)C(C(C)CCC3OC3(C)C)CC[C@@]42C)C1(C)C. The van der Waals surface area contributed by atoms with Crippen molar-refractivity contribution in [2.24, 2.45) is 39.4 Å². The van der Waals surface area contributed by atoms with Gasteiger partial charge in [0.25, 0.3) is 0 Å². The Labute approximate surface area is 220 Å². The van der Waals surface area contributed by atoms with Crippen LogP contribution < -0.4 is 0 Å². The summed E-state index contributed by atoms with van der Waals surface area (Å²) in [6, 6.07) is 0. The third kappa shape index (κ3) is 2.87. The lowest BCUT2D eigenvalue weighted by Gasteiger charge is -2.64. The summed E-state index contributed by atoms with van der Waals surface area (Å²) >= 11 is 0. The molecule has 2 heterocycles. The summed E-state index contributed by atoms with van der Waals surface area (Å²) < 4.78 is 19.1. The molecule has 0 spiro atoms. The van der Waals surface area contributed by atoms with Gasteiger partial charge in [0.15, 0.2) is 0 Å². The summed E-state index contributed by atoms with van der Waals surface area (Å²) in [6.45, 7) is 21.1. The third-order valence-corrected chi connectivity index (χ3v) is 14.1. The first kappa shape index (κ1) is 25.7. The molecule has 5 unspecified atom stereocenters. The van der Waals surface area contributed by atoms with E-state index < -0.39 is 0 Å². The van der Waals surface area contributed by atoms with Gasteiger partial charge in [0.05, 0.1) is 11.7 Å².